The monoisotopic (exact) mass is 116 g/mol. The van der Waals surface area contributed by atoms with Crippen molar-refractivity contribution in [1.29, 1.82) is 0 Å². The molecule has 8 heavy (non-hydrogen) atoms. The second kappa shape index (κ2) is 2.46. The Hall–Kier alpha value is -0.0800. The van der Waals surface area contributed by atoms with E-state index in [1.54, 1.807) is 0 Å². The first-order valence-electron chi connectivity index (χ1n) is 3.32. The van der Waals surface area contributed by atoms with Crippen molar-refractivity contribution in [3.8, 4) is 0 Å². The van der Waals surface area contributed by atoms with Gasteiger partial charge in [-0.3, -0.25) is 4.90 Å². The van der Waals surface area contributed by atoms with Gasteiger partial charge in [-0.1, -0.05) is 6.92 Å². The van der Waals surface area contributed by atoms with E-state index in [2.05, 4.69) is 11.8 Å². The lowest BCUT2D eigenvalue weighted by Crippen LogP contribution is -2.51. The molecule has 1 aliphatic heterocycles. The molecule has 2 N–H and O–H groups in total. The lowest BCUT2D eigenvalue weighted by atomic mass is 10.0. The van der Waals surface area contributed by atoms with Crippen LogP contribution in [0.15, 0.2) is 0 Å². The molecule has 0 bridgehead atoms. The number of hydrogen-bond acceptors (Lipinski definition) is 2. The number of likely N-dealkylation sites (tertiary alicyclic amines) is 1. The molecule has 1 fully saturated rings. The molecule has 0 radical (unpaired) electrons. The highest BCUT2D eigenvalue weighted by atomic mass is 15.2. The summed E-state index contributed by atoms with van der Waals surface area (Å²) in [5.41, 5.74) is 5.46. The Kier molecular flexibility index (Phi) is 1.86. The molecule has 2 heteroatoms. The van der Waals surface area contributed by atoms with Gasteiger partial charge < -0.3 is 5.73 Å². The van der Waals surface area contributed by atoms with E-state index in [1.165, 1.54) is 19.5 Å². The largest absolute Gasteiger partial charge is 0.329 e. The Morgan fingerprint density at radius 3 is 2.75 bits per heavy atom. The number of rotatable bonds is 2. The van der Waals surface area contributed by atoms with Crippen LogP contribution in [-0.4, -0.2) is 30.6 Å². The average Bonchev–Trinajstić information content (AvgIpc) is 1.66. The third-order valence-corrected chi connectivity index (χ3v) is 1.94. The SMILES string of the molecule is CCN1CCC1CN.[HH]. The van der Waals surface area contributed by atoms with Gasteiger partial charge in [0, 0.05) is 20.6 Å². The van der Waals surface area contributed by atoms with E-state index in [1.807, 2.05) is 0 Å². The minimum atomic E-state index is 0. The Bertz CT molecular complexity index is 63.5. The fraction of sp³-hybridized carbons (Fsp3) is 1.00. The summed E-state index contributed by atoms with van der Waals surface area (Å²) in [5, 5.41) is 0. The van der Waals surface area contributed by atoms with Crippen molar-refractivity contribution in [1.82, 2.24) is 4.90 Å². The van der Waals surface area contributed by atoms with Crippen LogP contribution in [0.2, 0.25) is 0 Å². The fourth-order valence-electron chi connectivity index (χ4n) is 1.18. The molecule has 0 aromatic carbocycles. The molecule has 0 spiro atoms. The van der Waals surface area contributed by atoms with Crippen molar-refractivity contribution in [3.63, 3.8) is 0 Å². The highest BCUT2D eigenvalue weighted by Crippen LogP contribution is 2.13. The van der Waals surface area contributed by atoms with Gasteiger partial charge in [0.2, 0.25) is 0 Å². The van der Waals surface area contributed by atoms with Gasteiger partial charge in [-0.25, -0.2) is 0 Å². The summed E-state index contributed by atoms with van der Waals surface area (Å²) in [7, 11) is 0. The lowest BCUT2D eigenvalue weighted by Gasteiger charge is -2.39. The van der Waals surface area contributed by atoms with Crippen LogP contribution in [0.1, 0.15) is 14.8 Å². The number of hydrogen-bond donors (Lipinski definition) is 1. The molecule has 0 aromatic heterocycles. The molecule has 1 aliphatic rings. The minimum Gasteiger partial charge on any atom is -0.329 e. The van der Waals surface area contributed by atoms with Gasteiger partial charge in [0.15, 0.2) is 0 Å². The van der Waals surface area contributed by atoms with E-state index in [0.29, 0.717) is 6.04 Å². The Morgan fingerprint density at radius 1 is 1.88 bits per heavy atom. The summed E-state index contributed by atoms with van der Waals surface area (Å²) in [6.07, 6.45) is 1.31. The van der Waals surface area contributed by atoms with Crippen LogP contribution >= 0.6 is 0 Å². The number of nitrogens with two attached hydrogens (primary N) is 1. The minimum absolute atomic E-state index is 0. The molecular weight excluding hydrogens is 100 g/mol. The average molecular weight is 116 g/mol. The normalized spacial score (nSPS) is 30.0. The zero-order valence-electron chi connectivity index (χ0n) is 5.43. The van der Waals surface area contributed by atoms with Crippen LogP contribution in [0, 0.1) is 0 Å². The van der Waals surface area contributed by atoms with Crippen molar-refractivity contribution >= 4 is 0 Å². The molecule has 1 atom stereocenters. The molecular formula is C6H16N2. The first kappa shape index (κ1) is 6.05. The van der Waals surface area contributed by atoms with Crippen molar-refractivity contribution < 1.29 is 1.43 Å². The van der Waals surface area contributed by atoms with Crippen molar-refractivity contribution in [3.05, 3.63) is 0 Å². The topological polar surface area (TPSA) is 29.3 Å². The summed E-state index contributed by atoms with van der Waals surface area (Å²) in [5.74, 6) is 0. The van der Waals surface area contributed by atoms with Gasteiger partial charge in [-0.15, -0.1) is 0 Å². The summed E-state index contributed by atoms with van der Waals surface area (Å²) >= 11 is 0. The molecule has 1 saturated heterocycles. The second-order valence-corrected chi connectivity index (χ2v) is 2.31. The molecule has 0 saturated carbocycles. The van der Waals surface area contributed by atoms with E-state index in [9.17, 15) is 0 Å². The van der Waals surface area contributed by atoms with Gasteiger partial charge in [0.05, 0.1) is 0 Å². The lowest BCUT2D eigenvalue weighted by molar-refractivity contribution is 0.104. The van der Waals surface area contributed by atoms with Crippen molar-refractivity contribution in [2.75, 3.05) is 19.6 Å². The van der Waals surface area contributed by atoms with Gasteiger partial charge in [0.25, 0.3) is 0 Å². The first-order valence-corrected chi connectivity index (χ1v) is 3.32. The summed E-state index contributed by atoms with van der Waals surface area (Å²) < 4.78 is 0. The van der Waals surface area contributed by atoms with Crippen molar-refractivity contribution in [2.24, 2.45) is 5.73 Å². The van der Waals surface area contributed by atoms with E-state index in [-0.39, 0.29) is 1.43 Å². The van der Waals surface area contributed by atoms with E-state index >= 15 is 0 Å². The van der Waals surface area contributed by atoms with Gasteiger partial charge in [0.1, 0.15) is 0 Å². The molecule has 0 aromatic rings. The number of likely N-dealkylation sites (N-methyl/N-ethyl adjacent to an activating group) is 1. The standard InChI is InChI=1S/C6H14N2.H2/c1-2-8-4-3-6(8)5-7;/h6H,2-5,7H2,1H3;1H. The zero-order valence-corrected chi connectivity index (χ0v) is 5.43. The van der Waals surface area contributed by atoms with Crippen LogP contribution < -0.4 is 5.73 Å². The van der Waals surface area contributed by atoms with Crippen LogP contribution in [0.25, 0.3) is 0 Å². The smallest absolute Gasteiger partial charge is 0.0230 e. The second-order valence-electron chi connectivity index (χ2n) is 2.31. The van der Waals surface area contributed by atoms with Gasteiger partial charge >= 0.3 is 0 Å². The quantitative estimate of drug-likeness (QED) is 0.561. The summed E-state index contributed by atoms with van der Waals surface area (Å²) in [4.78, 5) is 2.40. The van der Waals surface area contributed by atoms with Crippen LogP contribution in [0.4, 0.5) is 0 Å². The maximum Gasteiger partial charge on any atom is 0.0230 e. The predicted octanol–water partition coefficient (Wildman–Crippen LogP) is 0.285. The maximum absolute atomic E-state index is 5.46. The maximum atomic E-state index is 5.46. The first-order chi connectivity index (χ1) is 3.88. The third kappa shape index (κ3) is 0.858. The number of nitrogens with zero attached hydrogens (tertiary/aromatic N) is 1. The molecule has 50 valence electrons. The van der Waals surface area contributed by atoms with Gasteiger partial charge in [-0.2, -0.15) is 0 Å². The Labute approximate surface area is 52.1 Å². The molecule has 0 amide bonds. The molecule has 1 rings (SSSR count). The van der Waals surface area contributed by atoms with Crippen LogP contribution in [0.3, 0.4) is 0 Å². The highest BCUT2D eigenvalue weighted by molar-refractivity contribution is 4.81. The van der Waals surface area contributed by atoms with E-state index in [4.69, 9.17) is 5.73 Å². The summed E-state index contributed by atoms with van der Waals surface area (Å²) in [6.45, 7) is 5.45. The van der Waals surface area contributed by atoms with Crippen LogP contribution in [-0.2, 0) is 0 Å². The zero-order chi connectivity index (χ0) is 5.98. The Morgan fingerprint density at radius 2 is 2.62 bits per heavy atom. The van der Waals surface area contributed by atoms with Crippen LogP contribution in [0.5, 0.6) is 0 Å². The fourth-order valence-corrected chi connectivity index (χ4v) is 1.18. The molecule has 1 unspecified atom stereocenters. The summed E-state index contributed by atoms with van der Waals surface area (Å²) in [6, 6.07) is 0.708. The predicted molar refractivity (Wildman–Crippen MR) is 36.8 cm³/mol. The highest BCUT2D eigenvalue weighted by Gasteiger charge is 2.23. The molecule has 0 aliphatic carbocycles. The Balaban J connectivity index is 0.000000640. The van der Waals surface area contributed by atoms with Gasteiger partial charge in [-0.05, 0) is 13.0 Å². The third-order valence-electron chi connectivity index (χ3n) is 1.94. The van der Waals surface area contributed by atoms with E-state index < -0.39 is 0 Å². The van der Waals surface area contributed by atoms with Crippen molar-refractivity contribution in [2.45, 2.75) is 19.4 Å². The van der Waals surface area contributed by atoms with E-state index in [0.717, 1.165) is 6.54 Å². The molecule has 1 heterocycles. The molecule has 2 nitrogen and oxygen atoms in total.